The minimum atomic E-state index is -4.00. The largest absolute Gasteiger partial charge is 0.367 e. The van der Waals surface area contributed by atoms with Crippen molar-refractivity contribution in [1.82, 2.24) is 4.72 Å². The molecule has 0 radical (unpaired) electrons. The third-order valence-electron chi connectivity index (χ3n) is 8.22. The van der Waals surface area contributed by atoms with Gasteiger partial charge in [0.05, 0.1) is 11.4 Å². The first-order valence-electron chi connectivity index (χ1n) is 14.9. The van der Waals surface area contributed by atoms with Crippen LogP contribution in [0.1, 0.15) is 35.6 Å². The van der Waals surface area contributed by atoms with Gasteiger partial charge in [-0.2, -0.15) is 0 Å². The van der Waals surface area contributed by atoms with Crippen molar-refractivity contribution in [2.45, 2.75) is 30.2 Å². The molecule has 1 atom stereocenters. The van der Waals surface area contributed by atoms with Crippen LogP contribution in [0, 0.1) is 5.82 Å². The van der Waals surface area contributed by atoms with Gasteiger partial charge in [0.15, 0.2) is 0 Å². The van der Waals surface area contributed by atoms with E-state index in [1.165, 1.54) is 18.2 Å². The fraction of sp³-hybridized carbons (Fsp3) is 0.229. The van der Waals surface area contributed by atoms with Gasteiger partial charge < -0.3 is 15.1 Å². The summed E-state index contributed by atoms with van der Waals surface area (Å²) < 4.78 is 45.7. The molecule has 9 heteroatoms. The van der Waals surface area contributed by atoms with Gasteiger partial charge in [-0.1, -0.05) is 66.7 Å². The number of benzene rings is 4. The zero-order valence-corrected chi connectivity index (χ0v) is 25.1. The van der Waals surface area contributed by atoms with E-state index in [0.717, 1.165) is 29.5 Å². The number of aryl methyl sites for hydroxylation is 1. The van der Waals surface area contributed by atoms with Crippen molar-refractivity contribution in [2.24, 2.45) is 0 Å². The van der Waals surface area contributed by atoms with E-state index in [1.807, 2.05) is 64.4 Å². The lowest BCUT2D eigenvalue weighted by molar-refractivity contribution is -0.111. The van der Waals surface area contributed by atoms with Crippen molar-refractivity contribution in [3.8, 4) is 0 Å². The molecule has 1 saturated heterocycles. The number of nitrogens with zero attached hydrogens (tertiary/aromatic N) is 2. The molecule has 1 fully saturated rings. The van der Waals surface area contributed by atoms with Crippen molar-refractivity contribution in [2.75, 3.05) is 41.3 Å². The lowest BCUT2D eigenvalue weighted by Crippen LogP contribution is -2.47. The molecule has 6 rings (SSSR count). The Labute approximate surface area is 258 Å². The van der Waals surface area contributed by atoms with Crippen LogP contribution in [0.25, 0.3) is 6.08 Å². The molecule has 1 amide bonds. The molecule has 0 unspecified atom stereocenters. The predicted octanol–water partition coefficient (Wildman–Crippen LogP) is 6.16. The average molecular weight is 611 g/mol. The summed E-state index contributed by atoms with van der Waals surface area (Å²) in [5.74, 6) is -0.639. The van der Waals surface area contributed by atoms with Gasteiger partial charge in [-0.15, -0.1) is 0 Å². The SMILES string of the molecule is O=C(/C=C/c1ccccc1)Nc1ccc(N2CCN(c3ccccc3F)CC2)c(S(=O)(=O)N[C@H]2CCCc3ccccc32)c1. The summed E-state index contributed by atoms with van der Waals surface area (Å²) in [6.07, 6.45) is 5.64. The Morgan fingerprint density at radius 2 is 1.50 bits per heavy atom. The van der Waals surface area contributed by atoms with Crippen molar-refractivity contribution >= 4 is 39.1 Å². The number of para-hydroxylation sites is 1. The molecule has 0 saturated carbocycles. The summed E-state index contributed by atoms with van der Waals surface area (Å²) in [5.41, 5.74) is 4.51. The van der Waals surface area contributed by atoms with E-state index in [0.29, 0.717) is 49.7 Å². The smallest absolute Gasteiger partial charge is 0.248 e. The predicted molar refractivity (Wildman–Crippen MR) is 174 cm³/mol. The number of carbonyl (C=O) groups is 1. The molecule has 7 nitrogen and oxygen atoms in total. The minimum Gasteiger partial charge on any atom is -0.367 e. The average Bonchev–Trinajstić information content (AvgIpc) is 3.05. The number of halogens is 1. The fourth-order valence-electron chi connectivity index (χ4n) is 6.01. The van der Waals surface area contributed by atoms with Gasteiger partial charge in [0.2, 0.25) is 15.9 Å². The van der Waals surface area contributed by atoms with Crippen LogP contribution in [0.4, 0.5) is 21.5 Å². The second-order valence-electron chi connectivity index (χ2n) is 11.1. The summed E-state index contributed by atoms with van der Waals surface area (Å²) in [6, 6.07) is 28.8. The molecule has 0 spiro atoms. The Bertz CT molecular complexity index is 1770. The Morgan fingerprint density at radius 3 is 2.27 bits per heavy atom. The Balaban J connectivity index is 1.27. The molecule has 0 aromatic heterocycles. The van der Waals surface area contributed by atoms with Gasteiger partial charge in [0, 0.05) is 44.0 Å². The maximum atomic E-state index is 14.5. The molecule has 226 valence electrons. The molecule has 4 aromatic carbocycles. The highest BCUT2D eigenvalue weighted by Crippen LogP contribution is 2.35. The van der Waals surface area contributed by atoms with E-state index in [9.17, 15) is 17.6 Å². The molecule has 1 aliphatic carbocycles. The first-order valence-corrected chi connectivity index (χ1v) is 16.4. The first-order chi connectivity index (χ1) is 21.4. The van der Waals surface area contributed by atoms with E-state index >= 15 is 0 Å². The Morgan fingerprint density at radius 1 is 0.818 bits per heavy atom. The van der Waals surface area contributed by atoms with E-state index in [2.05, 4.69) is 16.1 Å². The van der Waals surface area contributed by atoms with E-state index in [-0.39, 0.29) is 22.7 Å². The molecule has 1 aliphatic heterocycles. The van der Waals surface area contributed by atoms with Crippen molar-refractivity contribution < 1.29 is 17.6 Å². The van der Waals surface area contributed by atoms with Crippen LogP contribution in [0.5, 0.6) is 0 Å². The van der Waals surface area contributed by atoms with E-state index < -0.39 is 10.0 Å². The number of sulfonamides is 1. The van der Waals surface area contributed by atoms with Crippen LogP contribution < -0.4 is 19.8 Å². The topological polar surface area (TPSA) is 81.8 Å². The number of fused-ring (bicyclic) bond motifs is 1. The standard InChI is InChI=1S/C35H35FN4O3S/c36-30-14-6-7-16-32(30)39-21-23-40(24-22-39)33-19-18-28(37-35(41)20-17-26-9-2-1-3-10-26)25-34(33)44(42,43)38-31-15-8-12-27-11-4-5-13-29(27)31/h1-7,9-11,13-14,16-20,25,31,38H,8,12,15,21-24H2,(H,37,41)/b20-17+/t31-/m0/s1. The zero-order valence-electron chi connectivity index (χ0n) is 24.3. The maximum Gasteiger partial charge on any atom is 0.248 e. The number of hydrogen-bond donors (Lipinski definition) is 2. The van der Waals surface area contributed by atoms with Crippen LogP contribution in [0.2, 0.25) is 0 Å². The quantitative estimate of drug-likeness (QED) is 0.234. The van der Waals surface area contributed by atoms with Gasteiger partial charge >= 0.3 is 0 Å². The van der Waals surface area contributed by atoms with Crippen molar-refractivity contribution in [3.63, 3.8) is 0 Å². The molecule has 2 aliphatic rings. The van der Waals surface area contributed by atoms with Gasteiger partial charge in [-0.05, 0) is 72.4 Å². The lowest BCUT2D eigenvalue weighted by atomic mass is 9.88. The molecule has 4 aromatic rings. The monoisotopic (exact) mass is 610 g/mol. The van der Waals surface area contributed by atoms with Gasteiger partial charge in [-0.25, -0.2) is 17.5 Å². The van der Waals surface area contributed by atoms with Crippen molar-refractivity contribution in [1.29, 1.82) is 0 Å². The fourth-order valence-corrected chi connectivity index (χ4v) is 7.51. The third-order valence-corrected chi connectivity index (χ3v) is 9.72. The number of hydrogen-bond acceptors (Lipinski definition) is 5. The molecular weight excluding hydrogens is 575 g/mol. The van der Waals surface area contributed by atoms with Gasteiger partial charge in [-0.3, -0.25) is 4.79 Å². The summed E-state index contributed by atoms with van der Waals surface area (Å²) in [4.78, 5) is 16.9. The van der Waals surface area contributed by atoms with Gasteiger partial charge in [0.25, 0.3) is 0 Å². The number of anilines is 3. The summed E-state index contributed by atoms with van der Waals surface area (Å²) >= 11 is 0. The summed E-state index contributed by atoms with van der Waals surface area (Å²) in [5, 5.41) is 2.82. The lowest BCUT2D eigenvalue weighted by Gasteiger charge is -2.38. The second kappa shape index (κ2) is 13.0. The first kappa shape index (κ1) is 29.6. The highest BCUT2D eigenvalue weighted by atomic mass is 32.2. The van der Waals surface area contributed by atoms with Crippen LogP contribution >= 0.6 is 0 Å². The molecular formula is C35H35FN4O3S. The normalized spacial score (nSPS) is 17.0. The van der Waals surface area contributed by atoms with Crippen LogP contribution in [-0.2, 0) is 21.2 Å². The van der Waals surface area contributed by atoms with Crippen LogP contribution in [0.3, 0.4) is 0 Å². The highest BCUT2D eigenvalue weighted by molar-refractivity contribution is 7.89. The molecule has 44 heavy (non-hydrogen) atoms. The Hall–Kier alpha value is -4.47. The molecule has 1 heterocycles. The van der Waals surface area contributed by atoms with E-state index in [4.69, 9.17) is 0 Å². The third kappa shape index (κ3) is 6.69. The molecule has 2 N–H and O–H groups in total. The van der Waals surface area contributed by atoms with Gasteiger partial charge in [0.1, 0.15) is 10.7 Å². The Kier molecular flexibility index (Phi) is 8.77. The number of piperazine rings is 1. The van der Waals surface area contributed by atoms with Crippen molar-refractivity contribution in [3.05, 3.63) is 126 Å². The number of carbonyl (C=O) groups excluding carboxylic acids is 1. The summed E-state index contributed by atoms with van der Waals surface area (Å²) in [7, 11) is -4.00. The second-order valence-corrected chi connectivity index (χ2v) is 12.8. The number of nitrogens with one attached hydrogen (secondary N) is 2. The maximum absolute atomic E-state index is 14.5. The number of rotatable bonds is 8. The summed E-state index contributed by atoms with van der Waals surface area (Å²) in [6.45, 7) is 2.09. The van der Waals surface area contributed by atoms with Crippen LogP contribution in [-0.4, -0.2) is 40.5 Å². The number of amides is 1. The minimum absolute atomic E-state index is 0.102. The van der Waals surface area contributed by atoms with E-state index in [1.54, 1.807) is 30.3 Å². The molecule has 0 bridgehead atoms. The van der Waals surface area contributed by atoms with Crippen LogP contribution in [0.15, 0.2) is 108 Å². The highest BCUT2D eigenvalue weighted by Gasteiger charge is 2.30. The zero-order chi connectivity index (χ0) is 30.5.